The van der Waals surface area contributed by atoms with Crippen LogP contribution in [0.5, 0.6) is 0 Å². The number of hydrogen-bond acceptors (Lipinski definition) is 6. The van der Waals surface area contributed by atoms with Gasteiger partial charge in [-0.05, 0) is 42.8 Å². The number of pyridine rings is 1. The zero-order valence-corrected chi connectivity index (χ0v) is 19.0. The maximum atomic E-state index is 10.4. The van der Waals surface area contributed by atoms with Crippen LogP contribution in [0.3, 0.4) is 0 Å². The molecule has 0 bridgehead atoms. The van der Waals surface area contributed by atoms with E-state index in [-0.39, 0.29) is 4.90 Å². The Labute approximate surface area is 192 Å². The van der Waals surface area contributed by atoms with E-state index in [1.54, 1.807) is 18.3 Å². The number of hydrogen-bond donors (Lipinski definition) is 2. The normalized spacial score (nSPS) is 11.6. The quantitative estimate of drug-likeness (QED) is 0.117. The second-order valence-electron chi connectivity index (χ2n) is 7.09. The smallest absolute Gasteiger partial charge is 0.286 e. The molecule has 0 radical (unpaired) electrons. The van der Waals surface area contributed by atoms with E-state index in [2.05, 4.69) is 56.0 Å². The second kappa shape index (κ2) is 10.5. The highest BCUT2D eigenvalue weighted by atomic mass is 32.2. The Morgan fingerprint density at radius 3 is 2.36 bits per heavy atom. The lowest BCUT2D eigenvalue weighted by Gasteiger charge is -2.05. The number of nitrogens with one attached hydrogen (secondary N) is 1. The van der Waals surface area contributed by atoms with Gasteiger partial charge in [0, 0.05) is 11.6 Å². The summed E-state index contributed by atoms with van der Waals surface area (Å²) in [5.41, 5.74) is 7.98. The van der Waals surface area contributed by atoms with E-state index in [0.29, 0.717) is 0 Å². The van der Waals surface area contributed by atoms with Gasteiger partial charge in [-0.1, -0.05) is 35.9 Å². The van der Waals surface area contributed by atoms with Gasteiger partial charge in [0.15, 0.2) is 5.69 Å². The summed E-state index contributed by atoms with van der Waals surface area (Å²) in [7, 11) is -2.20. The lowest BCUT2D eigenvalue weighted by atomic mass is 10.1. The van der Waals surface area contributed by atoms with Crippen LogP contribution in [0.2, 0.25) is 0 Å². The van der Waals surface area contributed by atoms with Crippen molar-refractivity contribution in [3.8, 4) is 11.3 Å². The number of nitrogens with two attached hydrogens (primary N) is 1. The summed E-state index contributed by atoms with van der Waals surface area (Å²) in [5, 5.41) is 7.27. The molecule has 4 aromatic rings. The Bertz CT molecular complexity index is 1380. The minimum atomic E-state index is -4.27. The number of benzene rings is 2. The molecule has 0 amide bonds. The van der Waals surface area contributed by atoms with Crippen LogP contribution in [0.1, 0.15) is 11.1 Å². The van der Waals surface area contributed by atoms with Gasteiger partial charge in [0.1, 0.15) is 22.7 Å². The second-order valence-corrected chi connectivity index (χ2v) is 8.47. The third kappa shape index (κ3) is 6.25. The van der Waals surface area contributed by atoms with Crippen molar-refractivity contribution in [3.05, 3.63) is 90.3 Å². The van der Waals surface area contributed by atoms with Crippen LogP contribution in [0.4, 0.5) is 0 Å². The van der Waals surface area contributed by atoms with E-state index in [4.69, 9.17) is 5.84 Å². The molecular weight excluding hydrogens is 440 g/mol. The van der Waals surface area contributed by atoms with Crippen molar-refractivity contribution in [1.82, 2.24) is 9.99 Å². The summed E-state index contributed by atoms with van der Waals surface area (Å²) in [5.74, 6) is 4.97. The largest absolute Gasteiger partial charge is 0.744 e. The molecule has 2 aromatic heterocycles. The van der Waals surface area contributed by atoms with E-state index >= 15 is 0 Å². The highest BCUT2D eigenvalue weighted by Crippen LogP contribution is 2.19. The lowest BCUT2D eigenvalue weighted by molar-refractivity contribution is -0.510. The third-order valence-electron chi connectivity index (χ3n) is 4.77. The number of aromatic nitrogens is 2. The van der Waals surface area contributed by atoms with Gasteiger partial charge in [-0.2, -0.15) is 10.2 Å². The highest BCUT2D eigenvalue weighted by Gasteiger charge is 2.14. The minimum Gasteiger partial charge on any atom is -0.744 e. The van der Waals surface area contributed by atoms with Gasteiger partial charge in [0.2, 0.25) is 0 Å². The van der Waals surface area contributed by atoms with Crippen LogP contribution in [0, 0.1) is 6.92 Å². The Kier molecular flexibility index (Phi) is 7.54. The fourth-order valence-corrected chi connectivity index (χ4v) is 3.54. The van der Waals surface area contributed by atoms with E-state index in [9.17, 15) is 13.0 Å². The van der Waals surface area contributed by atoms with Crippen molar-refractivity contribution in [3.63, 3.8) is 0 Å². The van der Waals surface area contributed by atoms with Gasteiger partial charge in [-0.3, -0.25) is 5.43 Å². The van der Waals surface area contributed by atoms with Crippen molar-refractivity contribution < 1.29 is 17.4 Å². The van der Waals surface area contributed by atoms with Crippen LogP contribution < -0.4 is 15.7 Å². The maximum absolute atomic E-state index is 10.4. The van der Waals surface area contributed by atoms with Crippen LogP contribution in [-0.2, 0) is 17.2 Å². The fraction of sp³-hybridized carbons (Fsp3) is 0.0870. The van der Waals surface area contributed by atoms with Gasteiger partial charge in [0.05, 0.1) is 24.4 Å². The standard InChI is InChI=1S/C16H17N6.C7H8O3S/c1-21-15(11-22-9-3-2-4-16(21)22)14-7-5-13(6-8-14)10-19-20-12-18-17;1-6-2-4-7(5-3-6)11(8,9)10/h2-12H,17H2,1H3,(H,18,20);2-5H,1H3,(H,8,9,10)/q+1;/p-1. The predicted molar refractivity (Wildman–Crippen MR) is 127 cm³/mol. The fourth-order valence-electron chi connectivity index (χ4n) is 3.07. The molecule has 0 spiro atoms. The topological polar surface area (TPSA) is 129 Å². The van der Waals surface area contributed by atoms with Crippen molar-refractivity contribution in [2.75, 3.05) is 0 Å². The van der Waals surface area contributed by atoms with E-state index in [0.717, 1.165) is 28.0 Å². The molecule has 0 saturated heterocycles. The molecule has 0 fully saturated rings. The van der Waals surface area contributed by atoms with Crippen LogP contribution >= 0.6 is 0 Å². The molecule has 0 unspecified atom stereocenters. The van der Waals surface area contributed by atoms with Gasteiger partial charge >= 0.3 is 0 Å². The molecule has 0 aliphatic heterocycles. The summed E-state index contributed by atoms with van der Waals surface area (Å²) < 4.78 is 35.4. The number of hydrazone groups is 2. The predicted octanol–water partition coefficient (Wildman–Crippen LogP) is 2.16. The number of aryl methyl sites for hydroxylation is 2. The summed E-state index contributed by atoms with van der Waals surface area (Å²) in [6.07, 6.45) is 7.20. The Morgan fingerprint density at radius 1 is 1.06 bits per heavy atom. The molecule has 33 heavy (non-hydrogen) atoms. The molecule has 2 aromatic carbocycles. The van der Waals surface area contributed by atoms with Gasteiger partial charge in [-0.15, -0.1) is 0 Å². The minimum absolute atomic E-state index is 0.178. The van der Waals surface area contributed by atoms with Gasteiger partial charge < -0.3 is 10.4 Å². The number of rotatable bonds is 5. The third-order valence-corrected chi connectivity index (χ3v) is 5.62. The SMILES string of the molecule is Cc1ccc(S(=O)(=O)[O-])cc1.Cn1c(-c2ccc(C=NNC=NN)cc2)c[n+]2ccccc12. The van der Waals surface area contributed by atoms with Gasteiger partial charge in [-0.25, -0.2) is 17.4 Å². The molecule has 10 heteroatoms. The average molecular weight is 465 g/mol. The first-order chi connectivity index (χ1) is 15.8. The van der Waals surface area contributed by atoms with Crippen LogP contribution in [0.25, 0.3) is 16.9 Å². The molecule has 0 saturated carbocycles. The van der Waals surface area contributed by atoms with Crippen LogP contribution in [-0.4, -0.2) is 30.1 Å². The van der Waals surface area contributed by atoms with Crippen molar-refractivity contribution >= 4 is 28.3 Å². The van der Waals surface area contributed by atoms with Crippen molar-refractivity contribution in [2.24, 2.45) is 23.1 Å². The Hall–Kier alpha value is -4.02. The average Bonchev–Trinajstić information content (AvgIpc) is 3.14. The molecule has 9 nitrogen and oxygen atoms in total. The van der Waals surface area contributed by atoms with Gasteiger partial charge in [0.25, 0.3) is 5.65 Å². The molecule has 0 aliphatic rings. The highest BCUT2D eigenvalue weighted by molar-refractivity contribution is 7.85. The molecule has 2 heterocycles. The lowest BCUT2D eigenvalue weighted by Crippen LogP contribution is -2.17. The molecule has 3 N–H and O–H groups in total. The Morgan fingerprint density at radius 2 is 1.76 bits per heavy atom. The van der Waals surface area contributed by atoms with E-state index in [1.807, 2.05) is 37.4 Å². The summed E-state index contributed by atoms with van der Waals surface area (Å²) in [6.45, 7) is 1.82. The number of fused-ring (bicyclic) bond motifs is 1. The van der Waals surface area contributed by atoms with Crippen molar-refractivity contribution in [2.45, 2.75) is 11.8 Å². The zero-order valence-electron chi connectivity index (χ0n) is 18.2. The summed E-state index contributed by atoms with van der Waals surface area (Å²) in [4.78, 5) is -0.178. The molecule has 0 atom stereocenters. The number of nitrogens with zero attached hydrogens (tertiary/aromatic N) is 4. The molecule has 0 aliphatic carbocycles. The first-order valence-corrected chi connectivity index (χ1v) is 11.3. The Balaban J connectivity index is 0.000000235. The zero-order chi connectivity index (χ0) is 23.8. The molecule has 170 valence electrons. The van der Waals surface area contributed by atoms with Crippen molar-refractivity contribution in [1.29, 1.82) is 0 Å². The molecule has 4 rings (SSSR count). The molecular formula is C23H24N6O3S. The van der Waals surface area contributed by atoms with E-state index < -0.39 is 10.1 Å². The maximum Gasteiger partial charge on any atom is 0.286 e. The van der Waals surface area contributed by atoms with E-state index in [1.165, 1.54) is 18.5 Å². The monoisotopic (exact) mass is 464 g/mol. The first kappa shape index (κ1) is 23.6. The summed E-state index contributed by atoms with van der Waals surface area (Å²) >= 11 is 0. The van der Waals surface area contributed by atoms with Crippen LogP contribution in [0.15, 0.2) is 94.2 Å². The first-order valence-electron chi connectivity index (χ1n) is 9.88. The number of imidazole rings is 1. The summed E-state index contributed by atoms with van der Waals surface area (Å²) in [6, 6.07) is 20.1.